The van der Waals surface area contributed by atoms with Crippen molar-refractivity contribution in [2.24, 2.45) is 0 Å². The summed E-state index contributed by atoms with van der Waals surface area (Å²) in [5.74, 6) is 0. The first-order valence-corrected chi connectivity index (χ1v) is 9.33. The molecular weight excluding hydrogens is 318 g/mol. The van der Waals surface area contributed by atoms with Crippen molar-refractivity contribution in [1.82, 2.24) is 9.21 Å². The summed E-state index contributed by atoms with van der Waals surface area (Å²) in [5.41, 5.74) is 0.308. The summed E-state index contributed by atoms with van der Waals surface area (Å²) in [5, 5.41) is 10.9. The van der Waals surface area contributed by atoms with Gasteiger partial charge in [0, 0.05) is 43.9 Å². The number of rotatable bonds is 4. The Kier molecular flexibility index (Phi) is 4.39. The highest BCUT2D eigenvalue weighted by molar-refractivity contribution is 7.89. The molecule has 0 bridgehead atoms. The van der Waals surface area contributed by atoms with Crippen molar-refractivity contribution in [2.45, 2.75) is 37.1 Å². The third kappa shape index (κ3) is 3.11. The summed E-state index contributed by atoms with van der Waals surface area (Å²) in [6.07, 6.45) is 3.70. The normalized spacial score (nSPS) is 21.1. The fraction of sp³-hybridized carbons (Fsp3) is 0.600. The highest BCUT2D eigenvalue weighted by atomic mass is 32.2. The molecule has 8 heteroatoms. The second kappa shape index (κ2) is 6.18. The molecule has 126 valence electrons. The minimum atomic E-state index is -3.58. The second-order valence-corrected chi connectivity index (χ2v) is 8.17. The number of benzene rings is 1. The van der Waals surface area contributed by atoms with Crippen LogP contribution in [0.5, 0.6) is 0 Å². The average Bonchev–Trinajstić information content (AvgIpc) is 2.45. The van der Waals surface area contributed by atoms with Crippen LogP contribution in [0.2, 0.25) is 0 Å². The van der Waals surface area contributed by atoms with Crippen LogP contribution in [0.3, 0.4) is 0 Å². The third-order valence-electron chi connectivity index (χ3n) is 4.87. The van der Waals surface area contributed by atoms with Crippen LogP contribution in [0, 0.1) is 17.0 Å². The quantitative estimate of drug-likeness (QED) is 0.616. The van der Waals surface area contributed by atoms with Crippen molar-refractivity contribution in [1.29, 1.82) is 0 Å². The Balaban J connectivity index is 1.74. The van der Waals surface area contributed by atoms with Crippen molar-refractivity contribution in [3.8, 4) is 0 Å². The Morgan fingerprint density at radius 2 is 1.83 bits per heavy atom. The summed E-state index contributed by atoms with van der Waals surface area (Å²) in [7, 11) is -3.58. The Morgan fingerprint density at radius 1 is 1.17 bits per heavy atom. The number of nitro benzene ring substituents is 1. The van der Waals surface area contributed by atoms with E-state index in [0.717, 1.165) is 13.1 Å². The second-order valence-electron chi connectivity index (χ2n) is 6.23. The molecule has 23 heavy (non-hydrogen) atoms. The van der Waals surface area contributed by atoms with E-state index in [1.54, 1.807) is 6.92 Å². The number of aryl methyl sites for hydroxylation is 1. The minimum absolute atomic E-state index is 0.0567. The van der Waals surface area contributed by atoms with Crippen molar-refractivity contribution in [2.75, 3.05) is 26.2 Å². The first kappa shape index (κ1) is 16.4. The van der Waals surface area contributed by atoms with Gasteiger partial charge in [-0.2, -0.15) is 4.31 Å². The molecule has 0 radical (unpaired) electrons. The molecule has 0 N–H and O–H groups in total. The maximum absolute atomic E-state index is 12.7. The van der Waals surface area contributed by atoms with Crippen LogP contribution in [-0.4, -0.2) is 54.8 Å². The molecule has 7 nitrogen and oxygen atoms in total. The van der Waals surface area contributed by atoms with Crippen molar-refractivity contribution < 1.29 is 13.3 Å². The predicted octanol–water partition coefficient (Wildman–Crippen LogP) is 1.76. The number of piperazine rings is 1. The number of nitrogens with zero attached hydrogens (tertiary/aromatic N) is 3. The van der Waals surface area contributed by atoms with Crippen LogP contribution in [0.4, 0.5) is 5.69 Å². The van der Waals surface area contributed by atoms with Gasteiger partial charge >= 0.3 is 0 Å². The van der Waals surface area contributed by atoms with E-state index >= 15 is 0 Å². The monoisotopic (exact) mass is 339 g/mol. The van der Waals surface area contributed by atoms with E-state index in [-0.39, 0.29) is 10.6 Å². The third-order valence-corrected chi connectivity index (χ3v) is 6.76. The Morgan fingerprint density at radius 3 is 2.30 bits per heavy atom. The predicted molar refractivity (Wildman–Crippen MR) is 85.8 cm³/mol. The van der Waals surface area contributed by atoms with Gasteiger partial charge in [0.1, 0.15) is 0 Å². The first-order chi connectivity index (χ1) is 10.9. The van der Waals surface area contributed by atoms with E-state index < -0.39 is 14.9 Å². The fourth-order valence-electron chi connectivity index (χ4n) is 3.20. The zero-order valence-corrected chi connectivity index (χ0v) is 14.0. The molecule has 2 aliphatic rings. The van der Waals surface area contributed by atoms with Gasteiger partial charge in [-0.3, -0.25) is 15.0 Å². The SMILES string of the molecule is Cc1cc(S(=O)(=O)N2CCN(C3CCC3)CC2)ccc1[N+](=O)[O-]. The van der Waals surface area contributed by atoms with Crippen molar-refractivity contribution >= 4 is 15.7 Å². The number of sulfonamides is 1. The highest BCUT2D eigenvalue weighted by Crippen LogP contribution is 2.28. The molecule has 1 aliphatic carbocycles. The van der Waals surface area contributed by atoms with E-state index in [4.69, 9.17) is 0 Å². The molecule has 0 amide bonds. The van der Waals surface area contributed by atoms with Crippen LogP contribution < -0.4 is 0 Å². The van der Waals surface area contributed by atoms with Gasteiger partial charge in [-0.1, -0.05) is 6.42 Å². The molecule has 1 aromatic rings. The fourth-order valence-corrected chi connectivity index (χ4v) is 4.71. The Hall–Kier alpha value is -1.51. The van der Waals surface area contributed by atoms with Crippen LogP contribution in [0.25, 0.3) is 0 Å². The molecule has 0 aromatic heterocycles. The minimum Gasteiger partial charge on any atom is -0.298 e. The van der Waals surface area contributed by atoms with Crippen LogP contribution in [-0.2, 0) is 10.0 Å². The lowest BCUT2D eigenvalue weighted by Crippen LogP contribution is -2.53. The average molecular weight is 339 g/mol. The van der Waals surface area contributed by atoms with E-state index in [2.05, 4.69) is 4.90 Å². The molecule has 3 rings (SSSR count). The van der Waals surface area contributed by atoms with E-state index in [1.165, 1.54) is 41.8 Å². The summed E-state index contributed by atoms with van der Waals surface area (Å²) < 4.78 is 26.9. The maximum atomic E-state index is 12.7. The maximum Gasteiger partial charge on any atom is 0.272 e. The summed E-state index contributed by atoms with van der Waals surface area (Å²) >= 11 is 0. The molecule has 1 saturated carbocycles. The lowest BCUT2D eigenvalue weighted by molar-refractivity contribution is -0.385. The van der Waals surface area contributed by atoms with Crippen LogP contribution in [0.15, 0.2) is 23.1 Å². The number of nitro groups is 1. The van der Waals surface area contributed by atoms with Crippen LogP contribution in [0.1, 0.15) is 24.8 Å². The van der Waals surface area contributed by atoms with Crippen molar-refractivity contribution in [3.05, 3.63) is 33.9 Å². The van der Waals surface area contributed by atoms with Gasteiger partial charge in [-0.05, 0) is 31.9 Å². The smallest absolute Gasteiger partial charge is 0.272 e. The van der Waals surface area contributed by atoms with E-state index in [9.17, 15) is 18.5 Å². The summed E-state index contributed by atoms with van der Waals surface area (Å²) in [6, 6.07) is 4.62. The highest BCUT2D eigenvalue weighted by Gasteiger charge is 2.33. The van der Waals surface area contributed by atoms with E-state index in [0.29, 0.717) is 24.7 Å². The lowest BCUT2D eigenvalue weighted by Gasteiger charge is -2.42. The Bertz CT molecular complexity index is 707. The zero-order valence-electron chi connectivity index (χ0n) is 13.1. The first-order valence-electron chi connectivity index (χ1n) is 7.89. The van der Waals surface area contributed by atoms with Gasteiger partial charge in [0.25, 0.3) is 5.69 Å². The number of hydrogen-bond donors (Lipinski definition) is 0. The molecular formula is C15H21N3O4S. The Labute approximate surface area is 136 Å². The molecule has 0 spiro atoms. The van der Waals surface area contributed by atoms with Gasteiger partial charge in [-0.15, -0.1) is 0 Å². The lowest BCUT2D eigenvalue weighted by atomic mass is 9.91. The van der Waals surface area contributed by atoms with Crippen LogP contribution >= 0.6 is 0 Å². The molecule has 1 aromatic carbocycles. The summed E-state index contributed by atoms with van der Waals surface area (Å²) in [6.45, 7) is 4.04. The number of hydrogen-bond acceptors (Lipinski definition) is 5. The van der Waals surface area contributed by atoms with Gasteiger partial charge in [0.05, 0.1) is 9.82 Å². The van der Waals surface area contributed by atoms with Gasteiger partial charge in [-0.25, -0.2) is 8.42 Å². The molecule has 1 saturated heterocycles. The molecule has 0 atom stereocenters. The summed E-state index contributed by atoms with van der Waals surface area (Å²) in [4.78, 5) is 12.9. The molecule has 1 heterocycles. The topological polar surface area (TPSA) is 83.8 Å². The molecule has 2 fully saturated rings. The van der Waals surface area contributed by atoms with Gasteiger partial charge in [0.15, 0.2) is 0 Å². The van der Waals surface area contributed by atoms with Crippen molar-refractivity contribution in [3.63, 3.8) is 0 Å². The van der Waals surface area contributed by atoms with Gasteiger partial charge < -0.3 is 0 Å². The van der Waals surface area contributed by atoms with E-state index in [1.807, 2.05) is 0 Å². The molecule has 0 unspecified atom stereocenters. The largest absolute Gasteiger partial charge is 0.298 e. The van der Waals surface area contributed by atoms with Gasteiger partial charge in [0.2, 0.25) is 10.0 Å². The standard InChI is InChI=1S/C15H21N3O4S/c1-12-11-14(5-6-15(12)18(19)20)23(21,22)17-9-7-16(8-10-17)13-3-2-4-13/h5-6,11,13H,2-4,7-10H2,1H3. The molecule has 1 aliphatic heterocycles. The zero-order chi connectivity index (χ0) is 16.6.